The number of hydrogen-bond donors (Lipinski definition) is 1. The summed E-state index contributed by atoms with van der Waals surface area (Å²) in [5, 5.41) is 13.7. The van der Waals surface area contributed by atoms with E-state index in [0.29, 0.717) is 17.9 Å². The molecule has 2 aromatic rings. The molecule has 148 valence electrons. The molecule has 0 bridgehead atoms. The third-order valence-corrected chi connectivity index (χ3v) is 4.64. The van der Waals surface area contributed by atoms with Gasteiger partial charge in [0.1, 0.15) is 5.75 Å². The molecule has 0 unspecified atom stereocenters. The number of amides is 1. The zero-order valence-corrected chi connectivity index (χ0v) is 16.3. The third kappa shape index (κ3) is 5.71. The SMILES string of the molecule is COc1ccccc1CCNC(=O)COC(=O)c1ccc(SC)c([N+](=O)[O-])c1. The number of ether oxygens (including phenoxy) is 2. The number of hydrogen-bond acceptors (Lipinski definition) is 7. The molecule has 1 N–H and O–H groups in total. The second-order valence-corrected chi connectivity index (χ2v) is 6.48. The predicted molar refractivity (Wildman–Crippen MR) is 105 cm³/mol. The number of benzene rings is 2. The smallest absolute Gasteiger partial charge is 0.338 e. The van der Waals surface area contributed by atoms with Crippen LogP contribution in [-0.2, 0) is 16.0 Å². The van der Waals surface area contributed by atoms with E-state index < -0.39 is 23.4 Å². The molecule has 0 aromatic heterocycles. The van der Waals surface area contributed by atoms with E-state index in [1.54, 1.807) is 13.4 Å². The summed E-state index contributed by atoms with van der Waals surface area (Å²) in [6.07, 6.45) is 2.27. The average molecular weight is 404 g/mol. The van der Waals surface area contributed by atoms with E-state index in [4.69, 9.17) is 9.47 Å². The van der Waals surface area contributed by atoms with Crippen molar-refractivity contribution in [1.82, 2.24) is 5.32 Å². The van der Waals surface area contributed by atoms with Gasteiger partial charge in [0.05, 0.1) is 22.5 Å². The molecule has 0 saturated carbocycles. The zero-order chi connectivity index (χ0) is 20.5. The Morgan fingerprint density at radius 2 is 1.96 bits per heavy atom. The minimum Gasteiger partial charge on any atom is -0.496 e. The first-order valence-corrected chi connectivity index (χ1v) is 9.57. The summed E-state index contributed by atoms with van der Waals surface area (Å²) in [6, 6.07) is 11.5. The van der Waals surface area contributed by atoms with Crippen LogP contribution >= 0.6 is 11.8 Å². The first-order valence-electron chi connectivity index (χ1n) is 8.34. The molecule has 0 heterocycles. The number of esters is 1. The lowest BCUT2D eigenvalue weighted by molar-refractivity contribution is -0.387. The number of nitro groups is 1. The van der Waals surface area contributed by atoms with Gasteiger partial charge in [-0.2, -0.15) is 0 Å². The molecule has 0 atom stereocenters. The van der Waals surface area contributed by atoms with Gasteiger partial charge in [-0.25, -0.2) is 4.79 Å². The van der Waals surface area contributed by atoms with Gasteiger partial charge >= 0.3 is 5.97 Å². The van der Waals surface area contributed by atoms with E-state index in [0.717, 1.165) is 17.4 Å². The maximum Gasteiger partial charge on any atom is 0.338 e. The summed E-state index contributed by atoms with van der Waals surface area (Å²) in [5.41, 5.74) is 0.790. The number of carbonyl (C=O) groups is 2. The van der Waals surface area contributed by atoms with Crippen LogP contribution in [0.25, 0.3) is 0 Å². The Morgan fingerprint density at radius 3 is 2.64 bits per heavy atom. The maximum atomic E-state index is 12.1. The number of nitrogens with one attached hydrogen (secondary N) is 1. The van der Waals surface area contributed by atoms with Crippen LogP contribution in [-0.4, -0.2) is 43.3 Å². The van der Waals surface area contributed by atoms with Crippen LogP contribution in [0.3, 0.4) is 0 Å². The largest absolute Gasteiger partial charge is 0.496 e. The monoisotopic (exact) mass is 404 g/mol. The predicted octanol–water partition coefficient (Wildman–Crippen LogP) is 2.84. The van der Waals surface area contributed by atoms with Crippen LogP contribution in [0.5, 0.6) is 5.75 Å². The highest BCUT2D eigenvalue weighted by molar-refractivity contribution is 7.98. The number of nitrogens with zero attached hydrogens (tertiary/aromatic N) is 1. The van der Waals surface area contributed by atoms with Gasteiger partial charge in [0, 0.05) is 12.6 Å². The quantitative estimate of drug-likeness (QED) is 0.296. The minimum absolute atomic E-state index is 0.0197. The van der Waals surface area contributed by atoms with Crippen molar-refractivity contribution in [3.63, 3.8) is 0 Å². The molecule has 0 aliphatic heterocycles. The fourth-order valence-corrected chi connectivity index (χ4v) is 3.02. The molecule has 28 heavy (non-hydrogen) atoms. The molecule has 0 radical (unpaired) electrons. The molecule has 9 heteroatoms. The van der Waals surface area contributed by atoms with Crippen molar-refractivity contribution in [2.24, 2.45) is 0 Å². The van der Waals surface area contributed by atoms with E-state index in [2.05, 4.69) is 5.32 Å². The summed E-state index contributed by atoms with van der Waals surface area (Å²) < 4.78 is 10.2. The van der Waals surface area contributed by atoms with Crippen LogP contribution in [0, 0.1) is 10.1 Å². The molecule has 2 aromatic carbocycles. The van der Waals surface area contributed by atoms with E-state index in [1.807, 2.05) is 24.3 Å². The molecular formula is C19H20N2O6S. The Balaban J connectivity index is 1.84. The molecular weight excluding hydrogens is 384 g/mol. The summed E-state index contributed by atoms with van der Waals surface area (Å²) in [4.78, 5) is 34.9. The number of para-hydroxylation sites is 1. The molecule has 0 saturated heterocycles. The lowest BCUT2D eigenvalue weighted by atomic mass is 10.1. The summed E-state index contributed by atoms with van der Waals surface area (Å²) >= 11 is 1.21. The van der Waals surface area contributed by atoms with Gasteiger partial charge in [-0.15, -0.1) is 11.8 Å². The first-order chi connectivity index (χ1) is 13.5. The molecule has 1 amide bonds. The molecule has 2 rings (SSSR count). The lowest BCUT2D eigenvalue weighted by Gasteiger charge is -2.09. The molecule has 0 fully saturated rings. The number of carbonyl (C=O) groups excluding carboxylic acids is 2. The van der Waals surface area contributed by atoms with Crippen LogP contribution in [0.15, 0.2) is 47.4 Å². The van der Waals surface area contributed by atoms with Gasteiger partial charge in [0.25, 0.3) is 11.6 Å². The lowest BCUT2D eigenvalue weighted by Crippen LogP contribution is -2.30. The summed E-state index contributed by atoms with van der Waals surface area (Å²) in [7, 11) is 1.58. The Morgan fingerprint density at radius 1 is 1.21 bits per heavy atom. The number of methoxy groups -OCH3 is 1. The van der Waals surface area contributed by atoms with Gasteiger partial charge in [0.2, 0.25) is 0 Å². The fraction of sp³-hybridized carbons (Fsp3) is 0.263. The van der Waals surface area contributed by atoms with Crippen molar-refractivity contribution in [3.05, 3.63) is 63.7 Å². The van der Waals surface area contributed by atoms with Crippen molar-refractivity contribution < 1.29 is 24.0 Å². The second kappa shape index (κ2) is 10.3. The van der Waals surface area contributed by atoms with Crippen molar-refractivity contribution >= 4 is 29.3 Å². The molecule has 0 aliphatic rings. The highest BCUT2D eigenvalue weighted by Crippen LogP contribution is 2.28. The van der Waals surface area contributed by atoms with Gasteiger partial charge in [-0.05, 0) is 36.4 Å². The minimum atomic E-state index is -0.796. The fourth-order valence-electron chi connectivity index (χ4n) is 2.47. The van der Waals surface area contributed by atoms with Crippen LogP contribution in [0.1, 0.15) is 15.9 Å². The summed E-state index contributed by atoms with van der Waals surface area (Å²) in [6.45, 7) is -0.118. The van der Waals surface area contributed by atoms with Crippen LogP contribution < -0.4 is 10.1 Å². The van der Waals surface area contributed by atoms with E-state index in [1.165, 1.54) is 23.9 Å². The number of nitro benzene ring substituents is 1. The van der Waals surface area contributed by atoms with Crippen molar-refractivity contribution in [3.8, 4) is 5.75 Å². The van der Waals surface area contributed by atoms with E-state index >= 15 is 0 Å². The van der Waals surface area contributed by atoms with Gasteiger partial charge < -0.3 is 14.8 Å². The highest BCUT2D eigenvalue weighted by atomic mass is 32.2. The Labute approximate surface area is 166 Å². The normalized spacial score (nSPS) is 10.2. The van der Waals surface area contributed by atoms with Gasteiger partial charge in [-0.3, -0.25) is 14.9 Å². The number of thioether (sulfide) groups is 1. The van der Waals surface area contributed by atoms with E-state index in [-0.39, 0.29) is 11.3 Å². The van der Waals surface area contributed by atoms with E-state index in [9.17, 15) is 19.7 Å². The summed E-state index contributed by atoms with van der Waals surface area (Å²) in [5.74, 6) is -0.521. The van der Waals surface area contributed by atoms with Crippen molar-refractivity contribution in [2.45, 2.75) is 11.3 Å². The standard InChI is InChI=1S/C19H20N2O6S/c1-26-16-6-4-3-5-13(16)9-10-20-18(22)12-27-19(23)14-7-8-17(28-2)15(11-14)21(24)25/h3-8,11H,9-10,12H2,1-2H3,(H,20,22). The second-order valence-electron chi connectivity index (χ2n) is 5.63. The van der Waals surface area contributed by atoms with Crippen molar-refractivity contribution in [1.29, 1.82) is 0 Å². The Bertz CT molecular complexity index is 871. The molecule has 0 spiro atoms. The highest BCUT2D eigenvalue weighted by Gasteiger charge is 2.18. The van der Waals surface area contributed by atoms with Crippen molar-refractivity contribution in [2.75, 3.05) is 26.5 Å². The molecule has 0 aliphatic carbocycles. The Kier molecular flexibility index (Phi) is 7.82. The van der Waals surface area contributed by atoms with Crippen LogP contribution in [0.2, 0.25) is 0 Å². The Hall–Kier alpha value is -3.07. The average Bonchev–Trinajstić information content (AvgIpc) is 2.71. The zero-order valence-electron chi connectivity index (χ0n) is 15.5. The first kappa shape index (κ1) is 21.2. The topological polar surface area (TPSA) is 108 Å². The maximum absolute atomic E-state index is 12.1. The number of rotatable bonds is 9. The molecule has 8 nitrogen and oxygen atoms in total. The van der Waals surface area contributed by atoms with Gasteiger partial charge in [-0.1, -0.05) is 18.2 Å². The third-order valence-electron chi connectivity index (χ3n) is 3.85. The van der Waals surface area contributed by atoms with Gasteiger partial charge in [0.15, 0.2) is 6.61 Å². The van der Waals surface area contributed by atoms with Crippen LogP contribution in [0.4, 0.5) is 5.69 Å².